The molecule has 0 saturated carbocycles. The maximum atomic E-state index is 13.5. The van der Waals surface area contributed by atoms with Crippen LogP contribution in [0, 0.1) is 13.8 Å². The fourth-order valence-electron chi connectivity index (χ4n) is 4.76. The second-order valence-corrected chi connectivity index (χ2v) is 8.77. The quantitative estimate of drug-likeness (QED) is 0.671. The third kappa shape index (κ3) is 4.65. The Morgan fingerprint density at radius 1 is 1.03 bits per heavy atom. The van der Waals surface area contributed by atoms with E-state index in [0.29, 0.717) is 13.0 Å². The number of carbonyl (C=O) groups is 1. The van der Waals surface area contributed by atoms with Crippen LogP contribution < -0.4 is 9.47 Å². The van der Waals surface area contributed by atoms with E-state index in [1.54, 1.807) is 19.2 Å². The first-order valence-electron chi connectivity index (χ1n) is 11.4. The van der Waals surface area contributed by atoms with E-state index < -0.39 is 0 Å². The molecule has 0 aliphatic carbocycles. The number of benzene rings is 2. The van der Waals surface area contributed by atoms with Crippen LogP contribution in [0.5, 0.6) is 11.5 Å². The number of aryl methyl sites for hydroxylation is 2. The summed E-state index contributed by atoms with van der Waals surface area (Å²) in [5, 5.41) is 6.56. The monoisotopic (exact) mass is 435 g/mol. The third-order valence-electron chi connectivity index (χ3n) is 6.46. The molecule has 1 fully saturated rings. The number of hydrogen-bond donors (Lipinski definition) is 0. The molecule has 2 aromatic rings. The molecule has 1 atom stereocenters. The van der Waals surface area contributed by atoms with Gasteiger partial charge in [0.2, 0.25) is 0 Å². The summed E-state index contributed by atoms with van der Waals surface area (Å²) in [6.45, 7) is 6.53. The van der Waals surface area contributed by atoms with Crippen molar-refractivity contribution in [1.29, 1.82) is 0 Å². The molecule has 1 amide bonds. The minimum absolute atomic E-state index is 0.0292. The number of amides is 1. The Morgan fingerprint density at radius 3 is 2.50 bits per heavy atom. The van der Waals surface area contributed by atoms with Crippen LogP contribution in [0.15, 0.2) is 41.5 Å². The molecule has 0 unspecified atom stereocenters. The molecule has 170 valence electrons. The molecule has 0 aromatic heterocycles. The summed E-state index contributed by atoms with van der Waals surface area (Å²) in [4.78, 5) is 15.7. The van der Waals surface area contributed by atoms with Gasteiger partial charge in [0.1, 0.15) is 11.5 Å². The average Bonchev–Trinajstić information content (AvgIpc) is 3.24. The molecule has 6 nitrogen and oxygen atoms in total. The number of hydrogen-bond acceptors (Lipinski definition) is 5. The van der Waals surface area contributed by atoms with Gasteiger partial charge >= 0.3 is 0 Å². The molecule has 2 aliphatic heterocycles. The molecule has 0 radical (unpaired) electrons. The number of hydrazone groups is 1. The van der Waals surface area contributed by atoms with Crippen LogP contribution in [0.25, 0.3) is 0 Å². The van der Waals surface area contributed by atoms with E-state index in [4.69, 9.17) is 14.6 Å². The van der Waals surface area contributed by atoms with Crippen LogP contribution in [0.3, 0.4) is 0 Å². The van der Waals surface area contributed by atoms with Crippen LogP contribution in [0.2, 0.25) is 0 Å². The Bertz CT molecular complexity index is 1010. The van der Waals surface area contributed by atoms with Gasteiger partial charge in [-0.15, -0.1) is 0 Å². The molecule has 0 spiro atoms. The smallest absolute Gasteiger partial charge is 0.257 e. The number of piperidine rings is 1. The predicted octanol–water partition coefficient (Wildman–Crippen LogP) is 4.48. The van der Waals surface area contributed by atoms with Crippen molar-refractivity contribution in [2.45, 2.75) is 45.6 Å². The van der Waals surface area contributed by atoms with E-state index in [9.17, 15) is 4.79 Å². The summed E-state index contributed by atoms with van der Waals surface area (Å²) in [6, 6.07) is 11.9. The van der Waals surface area contributed by atoms with Gasteiger partial charge in [-0.3, -0.25) is 9.69 Å². The van der Waals surface area contributed by atoms with Crippen molar-refractivity contribution in [3.63, 3.8) is 0 Å². The topological polar surface area (TPSA) is 54.4 Å². The maximum absolute atomic E-state index is 13.5. The lowest BCUT2D eigenvalue weighted by Gasteiger charge is -2.29. The van der Waals surface area contributed by atoms with Gasteiger partial charge < -0.3 is 9.47 Å². The van der Waals surface area contributed by atoms with Gasteiger partial charge in [-0.05, 0) is 63.5 Å². The van der Waals surface area contributed by atoms with E-state index in [1.807, 2.05) is 18.2 Å². The highest BCUT2D eigenvalue weighted by atomic mass is 16.5. The highest BCUT2D eigenvalue weighted by Crippen LogP contribution is 2.39. The van der Waals surface area contributed by atoms with Gasteiger partial charge in [-0.25, -0.2) is 5.01 Å². The van der Waals surface area contributed by atoms with Crippen molar-refractivity contribution >= 4 is 11.6 Å². The third-order valence-corrected chi connectivity index (χ3v) is 6.46. The fraction of sp³-hybridized carbons (Fsp3) is 0.462. The molecule has 6 heteroatoms. The van der Waals surface area contributed by atoms with Gasteiger partial charge in [0.05, 0.1) is 32.5 Å². The maximum Gasteiger partial charge on any atom is 0.257 e. The summed E-state index contributed by atoms with van der Waals surface area (Å²) in [6.07, 6.45) is 4.18. The van der Waals surface area contributed by atoms with Gasteiger partial charge in [-0.1, -0.05) is 30.2 Å². The first-order valence-corrected chi connectivity index (χ1v) is 11.4. The second-order valence-electron chi connectivity index (χ2n) is 8.77. The number of carbonyl (C=O) groups excluding carboxylic acids is 1. The number of rotatable bonds is 6. The zero-order valence-electron chi connectivity index (χ0n) is 19.6. The Morgan fingerprint density at radius 2 is 1.81 bits per heavy atom. The molecule has 0 bridgehead atoms. The lowest BCUT2D eigenvalue weighted by atomic mass is 9.94. The number of ether oxygens (including phenoxy) is 2. The lowest BCUT2D eigenvalue weighted by molar-refractivity contribution is -0.134. The van der Waals surface area contributed by atoms with Crippen LogP contribution in [0.4, 0.5) is 0 Å². The van der Waals surface area contributed by atoms with Crippen molar-refractivity contribution in [3.05, 3.63) is 58.7 Å². The number of likely N-dealkylation sites (tertiary alicyclic amines) is 1. The zero-order chi connectivity index (χ0) is 22.7. The first kappa shape index (κ1) is 22.3. The minimum atomic E-state index is -0.229. The van der Waals surface area contributed by atoms with Gasteiger partial charge in [-0.2, -0.15) is 5.10 Å². The summed E-state index contributed by atoms with van der Waals surface area (Å²) in [5.74, 6) is 1.51. The summed E-state index contributed by atoms with van der Waals surface area (Å²) in [5.41, 5.74) is 5.33. The Kier molecular flexibility index (Phi) is 6.80. The van der Waals surface area contributed by atoms with Crippen LogP contribution in [0.1, 0.15) is 54.0 Å². The Labute approximate surface area is 190 Å². The molecular weight excluding hydrogens is 402 g/mol. The van der Waals surface area contributed by atoms with Gasteiger partial charge in [0.15, 0.2) is 0 Å². The van der Waals surface area contributed by atoms with Crippen LogP contribution in [-0.4, -0.2) is 55.4 Å². The van der Waals surface area contributed by atoms with E-state index in [-0.39, 0.29) is 11.9 Å². The van der Waals surface area contributed by atoms with Crippen LogP contribution >= 0.6 is 0 Å². The van der Waals surface area contributed by atoms with Gasteiger partial charge in [0, 0.05) is 17.5 Å². The molecule has 2 heterocycles. The highest BCUT2D eigenvalue weighted by Gasteiger charge is 2.36. The molecule has 2 aliphatic rings. The van der Waals surface area contributed by atoms with Crippen molar-refractivity contribution in [2.75, 3.05) is 33.9 Å². The average molecular weight is 436 g/mol. The fourth-order valence-corrected chi connectivity index (χ4v) is 4.76. The summed E-state index contributed by atoms with van der Waals surface area (Å²) >= 11 is 0. The zero-order valence-corrected chi connectivity index (χ0v) is 19.6. The lowest BCUT2D eigenvalue weighted by Crippen LogP contribution is -2.40. The summed E-state index contributed by atoms with van der Waals surface area (Å²) < 4.78 is 11.1. The van der Waals surface area contributed by atoms with E-state index >= 15 is 0 Å². The number of nitrogens with zero attached hydrogens (tertiary/aromatic N) is 3. The van der Waals surface area contributed by atoms with E-state index in [1.165, 1.54) is 17.5 Å². The van der Waals surface area contributed by atoms with Crippen molar-refractivity contribution < 1.29 is 14.3 Å². The highest BCUT2D eigenvalue weighted by molar-refractivity contribution is 6.04. The second kappa shape index (κ2) is 9.74. The van der Waals surface area contributed by atoms with Crippen molar-refractivity contribution in [2.24, 2.45) is 5.10 Å². The molecule has 0 N–H and O–H groups in total. The van der Waals surface area contributed by atoms with Crippen molar-refractivity contribution in [1.82, 2.24) is 9.91 Å². The summed E-state index contributed by atoms with van der Waals surface area (Å²) in [7, 11) is 3.31. The van der Waals surface area contributed by atoms with E-state index in [2.05, 4.69) is 36.9 Å². The molecule has 2 aromatic carbocycles. The normalized spacial score (nSPS) is 19.1. The Hall–Kier alpha value is -2.86. The Balaban J connectivity index is 1.70. The molecule has 4 rings (SSSR count). The largest absolute Gasteiger partial charge is 0.497 e. The number of methoxy groups -OCH3 is 2. The minimum Gasteiger partial charge on any atom is -0.497 e. The molecule has 1 saturated heterocycles. The standard InChI is InChI=1S/C26H33N3O3/c1-18-8-10-21(19(2)14-18)23-16-24(22-15-20(31-3)9-11-25(22)32-4)29(27-23)26(30)17-28-12-6-5-7-13-28/h8-11,14-15,24H,5-7,12-13,16-17H2,1-4H3/t24-/m1/s1. The van der Waals surface area contributed by atoms with Crippen molar-refractivity contribution in [3.8, 4) is 11.5 Å². The molecule has 32 heavy (non-hydrogen) atoms. The van der Waals surface area contributed by atoms with Crippen LogP contribution in [-0.2, 0) is 4.79 Å². The predicted molar refractivity (Wildman–Crippen MR) is 126 cm³/mol. The van der Waals surface area contributed by atoms with E-state index in [0.717, 1.165) is 54.3 Å². The van der Waals surface area contributed by atoms with Gasteiger partial charge in [0.25, 0.3) is 5.91 Å². The first-order chi connectivity index (χ1) is 15.5. The SMILES string of the molecule is COc1ccc(OC)c([C@H]2CC(c3ccc(C)cc3C)=NN2C(=O)CN2CCCCC2)c1. The molecular formula is C26H33N3O3.